The van der Waals surface area contributed by atoms with Gasteiger partial charge in [0, 0.05) is 23.1 Å². The second-order valence-corrected chi connectivity index (χ2v) is 5.69. The maximum Gasteiger partial charge on any atom is 0.233 e. The van der Waals surface area contributed by atoms with Crippen LogP contribution in [0.5, 0.6) is 5.75 Å². The molecule has 1 aromatic carbocycles. The van der Waals surface area contributed by atoms with Gasteiger partial charge in [-0.1, -0.05) is 15.9 Å². The fourth-order valence-electron chi connectivity index (χ4n) is 2.55. The van der Waals surface area contributed by atoms with Gasteiger partial charge in [-0.3, -0.25) is 4.79 Å². The predicted octanol–water partition coefficient (Wildman–Crippen LogP) is 1.52. The van der Waals surface area contributed by atoms with Crippen molar-refractivity contribution in [2.45, 2.75) is 18.4 Å². The average Bonchev–Trinajstić information content (AvgIpc) is 2.94. The van der Waals surface area contributed by atoms with E-state index in [0.29, 0.717) is 26.1 Å². The van der Waals surface area contributed by atoms with Gasteiger partial charge in [-0.25, -0.2) is 0 Å². The van der Waals surface area contributed by atoms with E-state index in [1.807, 2.05) is 18.2 Å². The Labute approximate surface area is 114 Å². The Hall–Kier alpha value is -1.07. The van der Waals surface area contributed by atoms with Gasteiger partial charge in [0.1, 0.15) is 18.3 Å². The van der Waals surface area contributed by atoms with Crippen molar-refractivity contribution in [3.63, 3.8) is 0 Å². The monoisotopic (exact) mass is 311 g/mol. The average molecular weight is 312 g/mol. The van der Waals surface area contributed by atoms with Crippen molar-refractivity contribution in [3.05, 3.63) is 28.2 Å². The summed E-state index contributed by atoms with van der Waals surface area (Å²) >= 11 is 3.41. The molecule has 1 amide bonds. The number of hydrogen-bond donors (Lipinski definition) is 1. The van der Waals surface area contributed by atoms with Crippen LogP contribution in [0.4, 0.5) is 0 Å². The van der Waals surface area contributed by atoms with Gasteiger partial charge in [0.05, 0.1) is 6.10 Å². The third kappa shape index (κ3) is 2.01. The highest BCUT2D eigenvalue weighted by Crippen LogP contribution is 2.37. The highest BCUT2D eigenvalue weighted by Gasteiger charge is 2.36. The zero-order chi connectivity index (χ0) is 12.7. The number of likely N-dealkylation sites (tertiary alicyclic amines) is 1. The number of hydrogen-bond acceptors (Lipinski definition) is 3. The summed E-state index contributed by atoms with van der Waals surface area (Å²) in [4.78, 5) is 14.1. The molecule has 2 aliphatic rings. The van der Waals surface area contributed by atoms with Crippen LogP contribution in [0, 0.1) is 0 Å². The van der Waals surface area contributed by atoms with Crippen molar-refractivity contribution in [2.24, 2.45) is 0 Å². The largest absolute Gasteiger partial charge is 0.492 e. The molecule has 0 aromatic heterocycles. The van der Waals surface area contributed by atoms with Gasteiger partial charge in [-0.05, 0) is 24.6 Å². The number of aliphatic hydroxyl groups excluding tert-OH is 1. The Morgan fingerprint density at radius 3 is 3.06 bits per heavy atom. The molecular formula is C13H14BrNO3. The number of fused-ring (bicyclic) bond motifs is 1. The third-order valence-electron chi connectivity index (χ3n) is 3.53. The number of amides is 1. The van der Waals surface area contributed by atoms with Crippen molar-refractivity contribution in [2.75, 3.05) is 19.7 Å². The molecule has 0 aliphatic carbocycles. The van der Waals surface area contributed by atoms with Crippen LogP contribution in [-0.4, -0.2) is 41.7 Å². The fourth-order valence-corrected chi connectivity index (χ4v) is 2.93. The van der Waals surface area contributed by atoms with Crippen LogP contribution < -0.4 is 4.74 Å². The first-order chi connectivity index (χ1) is 8.65. The van der Waals surface area contributed by atoms with E-state index in [1.165, 1.54) is 0 Å². The molecule has 96 valence electrons. The lowest BCUT2D eigenvalue weighted by Gasteiger charge is -2.19. The van der Waals surface area contributed by atoms with E-state index in [9.17, 15) is 9.90 Å². The number of rotatable bonds is 1. The summed E-state index contributed by atoms with van der Waals surface area (Å²) < 4.78 is 6.49. The zero-order valence-electron chi connectivity index (χ0n) is 9.80. The lowest BCUT2D eigenvalue weighted by Crippen LogP contribution is -2.34. The second kappa shape index (κ2) is 4.55. The van der Waals surface area contributed by atoms with Crippen molar-refractivity contribution in [3.8, 4) is 5.75 Å². The molecule has 18 heavy (non-hydrogen) atoms. The molecule has 3 rings (SSSR count). The normalized spacial score (nSPS) is 26.0. The summed E-state index contributed by atoms with van der Waals surface area (Å²) in [6, 6.07) is 5.73. The Balaban J connectivity index is 1.83. The minimum atomic E-state index is -0.377. The Bertz CT molecular complexity index is 491. The molecule has 0 bridgehead atoms. The van der Waals surface area contributed by atoms with Gasteiger partial charge in [0.15, 0.2) is 0 Å². The van der Waals surface area contributed by atoms with Crippen LogP contribution in [0.15, 0.2) is 22.7 Å². The van der Waals surface area contributed by atoms with E-state index in [2.05, 4.69) is 15.9 Å². The first-order valence-corrected chi connectivity index (χ1v) is 6.83. The molecule has 1 fully saturated rings. The molecule has 0 spiro atoms. The van der Waals surface area contributed by atoms with Crippen molar-refractivity contribution in [1.29, 1.82) is 0 Å². The van der Waals surface area contributed by atoms with Gasteiger partial charge in [0.25, 0.3) is 0 Å². The summed E-state index contributed by atoms with van der Waals surface area (Å²) in [5, 5.41) is 9.50. The maximum atomic E-state index is 12.4. The minimum absolute atomic E-state index is 0.0587. The molecule has 2 atom stereocenters. The van der Waals surface area contributed by atoms with Crippen LogP contribution in [0.1, 0.15) is 17.9 Å². The van der Waals surface area contributed by atoms with Crippen molar-refractivity contribution >= 4 is 21.8 Å². The molecule has 4 nitrogen and oxygen atoms in total. The van der Waals surface area contributed by atoms with Crippen LogP contribution in [0.2, 0.25) is 0 Å². The summed E-state index contributed by atoms with van der Waals surface area (Å²) in [5.74, 6) is 0.613. The number of carbonyl (C=O) groups excluding carboxylic acids is 1. The summed E-state index contributed by atoms with van der Waals surface area (Å²) in [7, 11) is 0. The number of β-amino-alcohol motifs (C(OH)–C–C–N with tert-alkyl or cyclic N) is 1. The summed E-state index contributed by atoms with van der Waals surface area (Å²) in [6.07, 6.45) is 0.295. The van der Waals surface area contributed by atoms with Crippen LogP contribution >= 0.6 is 15.9 Å². The lowest BCUT2D eigenvalue weighted by molar-refractivity contribution is -0.132. The van der Waals surface area contributed by atoms with E-state index in [-0.39, 0.29) is 17.9 Å². The van der Waals surface area contributed by atoms with E-state index < -0.39 is 0 Å². The fraction of sp³-hybridized carbons (Fsp3) is 0.462. The minimum Gasteiger partial charge on any atom is -0.492 e. The smallest absolute Gasteiger partial charge is 0.233 e. The molecule has 2 aliphatic heterocycles. The predicted molar refractivity (Wildman–Crippen MR) is 69.6 cm³/mol. The van der Waals surface area contributed by atoms with Crippen LogP contribution in [0.25, 0.3) is 0 Å². The van der Waals surface area contributed by atoms with Crippen LogP contribution in [0.3, 0.4) is 0 Å². The van der Waals surface area contributed by atoms with E-state index in [4.69, 9.17) is 4.74 Å². The van der Waals surface area contributed by atoms with Crippen molar-refractivity contribution in [1.82, 2.24) is 4.90 Å². The van der Waals surface area contributed by atoms with Gasteiger partial charge < -0.3 is 14.7 Å². The van der Waals surface area contributed by atoms with Gasteiger partial charge in [0.2, 0.25) is 5.91 Å². The molecular weight excluding hydrogens is 298 g/mol. The summed E-state index contributed by atoms with van der Waals surface area (Å²) in [5.41, 5.74) is 0.941. The molecule has 5 heteroatoms. The molecule has 2 heterocycles. The highest BCUT2D eigenvalue weighted by atomic mass is 79.9. The van der Waals surface area contributed by atoms with E-state index in [1.54, 1.807) is 4.90 Å². The third-order valence-corrected chi connectivity index (χ3v) is 4.02. The van der Waals surface area contributed by atoms with Gasteiger partial charge in [-0.2, -0.15) is 0 Å². The number of ether oxygens (including phenoxy) is 1. The molecule has 1 unspecified atom stereocenters. The van der Waals surface area contributed by atoms with Gasteiger partial charge >= 0.3 is 0 Å². The second-order valence-electron chi connectivity index (χ2n) is 4.77. The molecule has 0 radical (unpaired) electrons. The Morgan fingerprint density at radius 1 is 1.50 bits per heavy atom. The number of benzene rings is 1. The van der Waals surface area contributed by atoms with E-state index in [0.717, 1.165) is 15.8 Å². The highest BCUT2D eigenvalue weighted by molar-refractivity contribution is 9.10. The maximum absolute atomic E-state index is 12.4. The number of carbonyl (C=O) groups is 1. The zero-order valence-corrected chi connectivity index (χ0v) is 11.4. The SMILES string of the molecule is O=C(C1COc2ccc(Br)cc21)N1CC[C@@H](O)C1. The first kappa shape index (κ1) is 12.0. The topological polar surface area (TPSA) is 49.8 Å². The quantitative estimate of drug-likeness (QED) is 0.855. The number of halogens is 1. The molecule has 1 N–H and O–H groups in total. The number of aliphatic hydroxyl groups is 1. The number of nitrogens with zero attached hydrogens (tertiary/aromatic N) is 1. The molecule has 1 saturated heterocycles. The standard InChI is InChI=1S/C13H14BrNO3/c14-8-1-2-12-10(5-8)11(7-18-12)13(17)15-4-3-9(16)6-15/h1-2,5,9,11,16H,3-4,6-7H2/t9-,11?/m1/s1. The van der Waals surface area contributed by atoms with Crippen molar-refractivity contribution < 1.29 is 14.6 Å². The van der Waals surface area contributed by atoms with Gasteiger partial charge in [-0.15, -0.1) is 0 Å². The molecule has 1 aromatic rings. The lowest BCUT2D eigenvalue weighted by atomic mass is 10.00. The first-order valence-electron chi connectivity index (χ1n) is 6.04. The Morgan fingerprint density at radius 2 is 2.33 bits per heavy atom. The summed E-state index contributed by atoms with van der Waals surface area (Å²) in [6.45, 7) is 1.48. The van der Waals surface area contributed by atoms with Crippen LogP contribution in [-0.2, 0) is 4.79 Å². The Kier molecular flexibility index (Phi) is 3.03. The van der Waals surface area contributed by atoms with E-state index >= 15 is 0 Å². The molecule has 0 saturated carbocycles.